The van der Waals surface area contributed by atoms with Gasteiger partial charge in [0.15, 0.2) is 6.61 Å². The highest BCUT2D eigenvalue weighted by atomic mass is 32.1. The SMILES string of the molecule is CN1Cc2sc3nc(C(=O)NCc4ccc5c(c4)NC(=O)CO5)[nH]c(=O)c3c2C1. The molecule has 1 aromatic carbocycles. The van der Waals surface area contributed by atoms with Crippen molar-refractivity contribution >= 4 is 39.1 Å². The van der Waals surface area contributed by atoms with E-state index in [4.69, 9.17) is 4.74 Å². The third kappa shape index (κ3) is 3.15. The molecule has 0 fully saturated rings. The van der Waals surface area contributed by atoms with Gasteiger partial charge in [0.05, 0.1) is 11.1 Å². The average Bonchev–Trinajstić information content (AvgIpc) is 3.20. The van der Waals surface area contributed by atoms with Crippen molar-refractivity contribution < 1.29 is 14.3 Å². The van der Waals surface area contributed by atoms with Gasteiger partial charge < -0.3 is 20.4 Å². The topological polar surface area (TPSA) is 116 Å². The summed E-state index contributed by atoms with van der Waals surface area (Å²) in [5.74, 6) is -0.103. The number of aromatic nitrogens is 2. The number of rotatable bonds is 3. The number of H-pyrrole nitrogens is 1. The van der Waals surface area contributed by atoms with Gasteiger partial charge in [0.25, 0.3) is 17.4 Å². The lowest BCUT2D eigenvalue weighted by Crippen LogP contribution is -2.28. The van der Waals surface area contributed by atoms with Crippen LogP contribution in [0.4, 0.5) is 5.69 Å². The van der Waals surface area contributed by atoms with E-state index in [0.717, 1.165) is 22.5 Å². The summed E-state index contributed by atoms with van der Waals surface area (Å²) in [7, 11) is 2.00. The number of ether oxygens (including phenoxy) is 1. The largest absolute Gasteiger partial charge is 0.482 e. The number of hydrogen-bond donors (Lipinski definition) is 3. The zero-order chi connectivity index (χ0) is 20.1. The molecule has 2 amide bonds. The maximum Gasteiger partial charge on any atom is 0.287 e. The number of benzene rings is 1. The minimum atomic E-state index is -0.465. The molecule has 2 aromatic heterocycles. The van der Waals surface area contributed by atoms with Crippen molar-refractivity contribution in [3.63, 3.8) is 0 Å². The molecule has 148 valence electrons. The van der Waals surface area contributed by atoms with Crippen LogP contribution in [0.3, 0.4) is 0 Å². The Morgan fingerprint density at radius 3 is 3.07 bits per heavy atom. The number of hydrogen-bond acceptors (Lipinski definition) is 7. The van der Waals surface area contributed by atoms with E-state index < -0.39 is 5.91 Å². The van der Waals surface area contributed by atoms with Crippen LogP contribution in [0.5, 0.6) is 5.75 Å². The first-order valence-electron chi connectivity index (χ1n) is 9.05. The summed E-state index contributed by atoms with van der Waals surface area (Å²) >= 11 is 1.46. The van der Waals surface area contributed by atoms with Crippen LogP contribution in [-0.4, -0.2) is 40.3 Å². The van der Waals surface area contributed by atoms with Crippen LogP contribution < -0.4 is 20.9 Å². The van der Waals surface area contributed by atoms with E-state index in [9.17, 15) is 14.4 Å². The Morgan fingerprint density at radius 2 is 2.21 bits per heavy atom. The van der Waals surface area contributed by atoms with Crippen LogP contribution in [0, 0.1) is 0 Å². The lowest BCUT2D eigenvalue weighted by Gasteiger charge is -2.18. The Bertz CT molecular complexity index is 1230. The molecule has 2 aliphatic heterocycles. The molecule has 9 nitrogen and oxygen atoms in total. The molecule has 0 aliphatic carbocycles. The molecule has 0 bridgehead atoms. The normalized spacial score (nSPS) is 15.6. The minimum Gasteiger partial charge on any atom is -0.482 e. The summed E-state index contributed by atoms with van der Waals surface area (Å²) in [5, 5.41) is 6.06. The standard InChI is InChI=1S/C19H17N5O4S/c1-24-6-10-13(7-24)29-19-15(10)17(26)22-16(23-19)18(27)20-5-9-2-3-12-11(4-9)21-14(25)8-28-12/h2-4H,5-8H2,1H3,(H,20,27)(H,21,25)(H,22,23,26). The van der Waals surface area contributed by atoms with E-state index in [-0.39, 0.29) is 30.4 Å². The molecule has 10 heteroatoms. The van der Waals surface area contributed by atoms with Crippen molar-refractivity contribution in [2.75, 3.05) is 19.0 Å². The minimum absolute atomic E-state index is 0.00692. The van der Waals surface area contributed by atoms with Crippen molar-refractivity contribution in [3.8, 4) is 5.75 Å². The molecule has 0 radical (unpaired) electrons. The molecule has 2 aliphatic rings. The average molecular weight is 411 g/mol. The van der Waals surface area contributed by atoms with Crippen molar-refractivity contribution in [2.24, 2.45) is 0 Å². The molecule has 0 unspecified atom stereocenters. The highest BCUT2D eigenvalue weighted by Crippen LogP contribution is 2.34. The fourth-order valence-corrected chi connectivity index (χ4v) is 4.85. The third-order valence-corrected chi connectivity index (χ3v) is 6.04. The van der Waals surface area contributed by atoms with Gasteiger partial charge in [-0.1, -0.05) is 6.07 Å². The number of fused-ring (bicyclic) bond motifs is 4. The predicted molar refractivity (Wildman–Crippen MR) is 107 cm³/mol. The van der Waals surface area contributed by atoms with Gasteiger partial charge in [-0.3, -0.25) is 19.3 Å². The molecule has 0 atom stereocenters. The van der Waals surface area contributed by atoms with Gasteiger partial charge in [0.2, 0.25) is 5.82 Å². The van der Waals surface area contributed by atoms with Crippen LogP contribution >= 0.6 is 11.3 Å². The molecule has 29 heavy (non-hydrogen) atoms. The molecule has 0 saturated heterocycles. The van der Waals surface area contributed by atoms with Crippen LogP contribution in [-0.2, 0) is 24.4 Å². The first-order valence-corrected chi connectivity index (χ1v) is 9.86. The smallest absolute Gasteiger partial charge is 0.287 e. The van der Waals surface area contributed by atoms with Crippen molar-refractivity contribution in [3.05, 3.63) is 50.4 Å². The van der Waals surface area contributed by atoms with Gasteiger partial charge in [0, 0.05) is 24.5 Å². The van der Waals surface area contributed by atoms with Crippen molar-refractivity contribution in [1.82, 2.24) is 20.2 Å². The molecule has 4 heterocycles. The Hall–Kier alpha value is -3.24. The van der Waals surface area contributed by atoms with E-state index in [0.29, 0.717) is 28.2 Å². The zero-order valence-corrected chi connectivity index (χ0v) is 16.3. The number of amides is 2. The molecular formula is C19H17N5O4S. The second-order valence-corrected chi connectivity index (χ2v) is 8.20. The Labute approximate surface area is 168 Å². The second kappa shape index (κ2) is 6.68. The summed E-state index contributed by atoms with van der Waals surface area (Å²) in [5.41, 5.74) is 2.07. The molecular weight excluding hydrogens is 394 g/mol. The molecule has 3 N–H and O–H groups in total. The van der Waals surface area contributed by atoms with Gasteiger partial charge in [-0.05, 0) is 30.3 Å². The zero-order valence-electron chi connectivity index (χ0n) is 15.5. The number of thiophene rings is 1. The number of carbonyl (C=O) groups excluding carboxylic acids is 2. The van der Waals surface area contributed by atoms with Gasteiger partial charge in [-0.2, -0.15) is 0 Å². The summed E-state index contributed by atoms with van der Waals surface area (Å²) in [4.78, 5) is 47.4. The lowest BCUT2D eigenvalue weighted by molar-refractivity contribution is -0.118. The number of nitrogens with one attached hydrogen (secondary N) is 3. The Kier molecular flexibility index (Phi) is 4.10. The fraction of sp³-hybridized carbons (Fsp3) is 0.263. The maximum absolute atomic E-state index is 12.6. The second-order valence-electron chi connectivity index (χ2n) is 7.12. The van der Waals surface area contributed by atoms with E-state index >= 15 is 0 Å². The van der Waals surface area contributed by atoms with Crippen molar-refractivity contribution in [2.45, 2.75) is 19.6 Å². The molecule has 5 rings (SSSR count). The van der Waals surface area contributed by atoms with Crippen LogP contribution in [0.1, 0.15) is 26.6 Å². The number of nitrogens with zero attached hydrogens (tertiary/aromatic N) is 2. The molecule has 0 spiro atoms. The van der Waals surface area contributed by atoms with Crippen molar-refractivity contribution in [1.29, 1.82) is 0 Å². The van der Waals surface area contributed by atoms with E-state index in [1.165, 1.54) is 11.3 Å². The predicted octanol–water partition coefficient (Wildman–Crippen LogP) is 1.19. The van der Waals surface area contributed by atoms with E-state index in [2.05, 4.69) is 25.5 Å². The number of anilines is 1. The van der Waals surface area contributed by atoms with E-state index in [1.807, 2.05) is 7.05 Å². The quantitative estimate of drug-likeness (QED) is 0.596. The van der Waals surface area contributed by atoms with Crippen LogP contribution in [0.25, 0.3) is 10.2 Å². The summed E-state index contributed by atoms with van der Waals surface area (Å²) in [6.45, 7) is 1.71. The lowest BCUT2D eigenvalue weighted by atomic mass is 10.1. The summed E-state index contributed by atoms with van der Waals surface area (Å²) in [6, 6.07) is 5.29. The van der Waals surface area contributed by atoms with Gasteiger partial charge in [-0.15, -0.1) is 11.3 Å². The van der Waals surface area contributed by atoms with Gasteiger partial charge >= 0.3 is 0 Å². The third-order valence-electron chi connectivity index (χ3n) is 4.93. The Morgan fingerprint density at radius 1 is 1.34 bits per heavy atom. The van der Waals surface area contributed by atoms with E-state index in [1.54, 1.807) is 18.2 Å². The van der Waals surface area contributed by atoms with Gasteiger partial charge in [0.1, 0.15) is 10.6 Å². The Balaban J connectivity index is 1.35. The van der Waals surface area contributed by atoms with Gasteiger partial charge in [-0.25, -0.2) is 4.98 Å². The fourth-order valence-electron chi connectivity index (χ4n) is 3.59. The first-order chi connectivity index (χ1) is 14.0. The summed E-state index contributed by atoms with van der Waals surface area (Å²) < 4.78 is 5.32. The van der Waals surface area contributed by atoms with Crippen LogP contribution in [0.15, 0.2) is 23.0 Å². The van der Waals surface area contributed by atoms with Crippen LogP contribution in [0.2, 0.25) is 0 Å². The molecule has 0 saturated carbocycles. The highest BCUT2D eigenvalue weighted by Gasteiger charge is 2.25. The summed E-state index contributed by atoms with van der Waals surface area (Å²) in [6.07, 6.45) is 0. The number of aromatic amines is 1. The first kappa shape index (κ1) is 17.8. The number of carbonyl (C=O) groups is 2. The highest BCUT2D eigenvalue weighted by molar-refractivity contribution is 7.18. The maximum atomic E-state index is 12.6. The molecule has 3 aromatic rings. The monoisotopic (exact) mass is 411 g/mol.